The molecule has 3 heterocycles. The molecule has 0 aliphatic carbocycles. The van der Waals surface area contributed by atoms with Gasteiger partial charge in [-0.15, -0.1) is 0 Å². The van der Waals surface area contributed by atoms with Crippen LogP contribution in [0.3, 0.4) is 0 Å². The Morgan fingerprint density at radius 1 is 0.914 bits per heavy atom. The molecule has 1 aromatic carbocycles. The minimum Gasteiger partial charge on any atom is -0.374 e. The third kappa shape index (κ3) is 6.10. The van der Waals surface area contributed by atoms with Crippen molar-refractivity contribution in [3.63, 3.8) is 0 Å². The van der Waals surface area contributed by atoms with Gasteiger partial charge in [0.15, 0.2) is 0 Å². The van der Waals surface area contributed by atoms with Crippen LogP contribution in [-0.4, -0.2) is 51.5 Å². The minimum absolute atomic E-state index is 0.241. The van der Waals surface area contributed by atoms with Gasteiger partial charge in [-0.2, -0.15) is 5.10 Å². The maximum Gasteiger partial charge on any atom is 0.203 e. The number of benzene rings is 1. The van der Waals surface area contributed by atoms with Crippen molar-refractivity contribution in [1.82, 2.24) is 24.3 Å². The fourth-order valence-electron chi connectivity index (χ4n) is 3.86. The van der Waals surface area contributed by atoms with E-state index < -0.39 is 0 Å². The second kappa shape index (κ2) is 11.2. The van der Waals surface area contributed by atoms with E-state index in [9.17, 15) is 4.39 Å². The van der Waals surface area contributed by atoms with E-state index in [0.29, 0.717) is 24.3 Å². The van der Waals surface area contributed by atoms with Gasteiger partial charge in [0, 0.05) is 70.1 Å². The van der Waals surface area contributed by atoms with Crippen LogP contribution in [0.5, 0.6) is 0 Å². The molecule has 0 saturated carbocycles. The van der Waals surface area contributed by atoms with Crippen molar-refractivity contribution >= 4 is 23.6 Å². The van der Waals surface area contributed by atoms with Crippen molar-refractivity contribution in [3.8, 4) is 5.82 Å². The molecule has 9 heteroatoms. The topological polar surface area (TPSA) is 55.0 Å². The van der Waals surface area contributed by atoms with Gasteiger partial charge < -0.3 is 9.80 Å². The van der Waals surface area contributed by atoms with Crippen molar-refractivity contribution in [2.45, 2.75) is 26.3 Å². The Bertz CT molecular complexity index is 1280. The molecule has 35 heavy (non-hydrogen) atoms. The van der Waals surface area contributed by atoms with Crippen LogP contribution in [0.2, 0.25) is 0 Å². The number of hydrogen-bond acceptors (Lipinski definition) is 6. The Morgan fingerprint density at radius 3 is 2.29 bits per heavy atom. The lowest BCUT2D eigenvalue weighted by atomic mass is 10.2. The van der Waals surface area contributed by atoms with E-state index in [0.717, 1.165) is 41.5 Å². The van der Waals surface area contributed by atoms with E-state index in [1.165, 1.54) is 12.1 Å². The molecule has 0 unspecified atom stereocenters. The van der Waals surface area contributed by atoms with E-state index in [1.807, 2.05) is 53.7 Å². The first-order valence-corrected chi connectivity index (χ1v) is 12.0. The molecule has 4 aromatic rings. The van der Waals surface area contributed by atoms with E-state index in [1.54, 1.807) is 24.5 Å². The van der Waals surface area contributed by atoms with Gasteiger partial charge in [0.2, 0.25) is 4.77 Å². The first-order chi connectivity index (χ1) is 16.9. The highest BCUT2D eigenvalue weighted by atomic mass is 32.1. The fraction of sp³-hybridized carbons (Fsp3) is 0.308. The highest BCUT2D eigenvalue weighted by molar-refractivity contribution is 7.71. The van der Waals surface area contributed by atoms with E-state index in [-0.39, 0.29) is 5.82 Å². The maximum atomic E-state index is 13.3. The summed E-state index contributed by atoms with van der Waals surface area (Å²) >= 11 is 5.83. The van der Waals surface area contributed by atoms with Gasteiger partial charge in [0.1, 0.15) is 17.5 Å². The molecule has 0 aliphatic rings. The number of nitrogens with zero attached hydrogens (tertiary/aromatic N) is 7. The van der Waals surface area contributed by atoms with Crippen LogP contribution in [0.15, 0.2) is 67.1 Å². The smallest absolute Gasteiger partial charge is 0.203 e. The summed E-state index contributed by atoms with van der Waals surface area (Å²) in [6.45, 7) is 4.28. The lowest BCUT2D eigenvalue weighted by molar-refractivity contribution is 0.564. The summed E-state index contributed by atoms with van der Waals surface area (Å²) in [5.74, 6) is 1.37. The standard InChI is InChI=1S/C26H30FN7S/c1-20-5-10-24(29-19-20)34-25(13-18-32(3)22-8-6-21(27)7-9-22)30-33(26(34)35)17-4-16-31(2)23-11-14-28-15-12-23/h5-12,14-15,19H,4,13,16-18H2,1-3H3. The largest absolute Gasteiger partial charge is 0.374 e. The molecule has 0 fully saturated rings. The van der Waals surface area contributed by atoms with Crippen LogP contribution in [0.25, 0.3) is 5.82 Å². The molecular formula is C26H30FN7S. The van der Waals surface area contributed by atoms with E-state index in [2.05, 4.69) is 26.8 Å². The fourth-order valence-corrected chi connectivity index (χ4v) is 4.19. The summed E-state index contributed by atoms with van der Waals surface area (Å²) in [7, 11) is 4.06. The molecule has 0 saturated heterocycles. The number of likely N-dealkylation sites (N-methyl/N-ethyl adjacent to an activating group) is 1. The second-order valence-corrected chi connectivity index (χ2v) is 8.94. The summed E-state index contributed by atoms with van der Waals surface area (Å²) in [6, 6.07) is 14.5. The highest BCUT2D eigenvalue weighted by Gasteiger charge is 2.15. The van der Waals surface area contributed by atoms with Crippen molar-refractivity contribution < 1.29 is 4.39 Å². The van der Waals surface area contributed by atoms with Gasteiger partial charge in [-0.25, -0.2) is 14.1 Å². The van der Waals surface area contributed by atoms with Crippen LogP contribution < -0.4 is 9.80 Å². The molecule has 0 atom stereocenters. The molecule has 0 N–H and O–H groups in total. The molecule has 182 valence electrons. The number of rotatable bonds is 10. The van der Waals surface area contributed by atoms with Crippen LogP contribution in [0.1, 0.15) is 17.8 Å². The Labute approximate surface area is 210 Å². The molecule has 0 amide bonds. The van der Waals surface area contributed by atoms with E-state index in [4.69, 9.17) is 17.3 Å². The summed E-state index contributed by atoms with van der Waals surface area (Å²) < 4.78 is 17.8. The third-order valence-electron chi connectivity index (χ3n) is 5.94. The Hall–Kier alpha value is -3.59. The van der Waals surface area contributed by atoms with Crippen LogP contribution in [0.4, 0.5) is 15.8 Å². The zero-order valence-electron chi connectivity index (χ0n) is 20.3. The Balaban J connectivity index is 1.51. The number of hydrogen-bond donors (Lipinski definition) is 0. The van der Waals surface area contributed by atoms with Crippen LogP contribution in [0, 0.1) is 17.5 Å². The van der Waals surface area contributed by atoms with Crippen molar-refractivity contribution in [3.05, 3.63) is 89.1 Å². The SMILES string of the molecule is Cc1ccc(-n2c(CCN(C)c3ccc(F)cc3)nn(CCCN(C)c3ccncc3)c2=S)nc1. The van der Waals surface area contributed by atoms with Gasteiger partial charge in [0.25, 0.3) is 0 Å². The van der Waals surface area contributed by atoms with Gasteiger partial charge in [-0.05, 0) is 73.6 Å². The Morgan fingerprint density at radius 2 is 1.60 bits per heavy atom. The molecule has 0 bridgehead atoms. The van der Waals surface area contributed by atoms with E-state index >= 15 is 0 Å². The zero-order chi connectivity index (χ0) is 24.8. The van der Waals surface area contributed by atoms with Crippen molar-refractivity contribution in [2.75, 3.05) is 37.0 Å². The monoisotopic (exact) mass is 491 g/mol. The van der Waals surface area contributed by atoms with Crippen molar-refractivity contribution in [1.29, 1.82) is 0 Å². The minimum atomic E-state index is -0.241. The maximum absolute atomic E-state index is 13.3. The average Bonchev–Trinajstić information content (AvgIpc) is 3.19. The van der Waals surface area contributed by atoms with Gasteiger partial charge in [-0.1, -0.05) is 6.07 Å². The first-order valence-electron chi connectivity index (χ1n) is 11.6. The van der Waals surface area contributed by atoms with Crippen molar-refractivity contribution in [2.24, 2.45) is 0 Å². The summed E-state index contributed by atoms with van der Waals surface area (Å²) in [6.07, 6.45) is 6.99. The summed E-state index contributed by atoms with van der Waals surface area (Å²) in [4.78, 5) is 13.0. The normalized spacial score (nSPS) is 11.0. The first kappa shape index (κ1) is 24.5. The number of aromatic nitrogens is 5. The number of pyridine rings is 2. The number of aryl methyl sites for hydroxylation is 2. The number of anilines is 2. The predicted molar refractivity (Wildman–Crippen MR) is 140 cm³/mol. The zero-order valence-corrected chi connectivity index (χ0v) is 21.1. The molecule has 0 spiro atoms. The summed E-state index contributed by atoms with van der Waals surface area (Å²) in [5, 5.41) is 4.88. The highest BCUT2D eigenvalue weighted by Crippen LogP contribution is 2.17. The molecular weight excluding hydrogens is 461 g/mol. The Kier molecular flexibility index (Phi) is 7.87. The van der Waals surface area contributed by atoms with Gasteiger partial charge in [0.05, 0.1) is 0 Å². The number of halogens is 1. The van der Waals surface area contributed by atoms with Gasteiger partial charge >= 0.3 is 0 Å². The van der Waals surface area contributed by atoms with Crippen LogP contribution in [-0.2, 0) is 13.0 Å². The van der Waals surface area contributed by atoms with Gasteiger partial charge in [-0.3, -0.25) is 9.55 Å². The second-order valence-electron chi connectivity index (χ2n) is 8.58. The molecule has 0 radical (unpaired) electrons. The molecule has 0 aliphatic heterocycles. The third-order valence-corrected chi connectivity index (χ3v) is 6.33. The summed E-state index contributed by atoms with van der Waals surface area (Å²) in [5.41, 5.74) is 3.16. The lowest BCUT2D eigenvalue weighted by Crippen LogP contribution is -2.21. The quantitative estimate of drug-likeness (QED) is 0.296. The molecule has 3 aromatic heterocycles. The average molecular weight is 492 g/mol. The predicted octanol–water partition coefficient (Wildman–Crippen LogP) is 4.85. The van der Waals surface area contributed by atoms with Crippen LogP contribution >= 0.6 is 12.2 Å². The molecule has 7 nitrogen and oxygen atoms in total. The molecule has 4 rings (SSSR count). The lowest BCUT2D eigenvalue weighted by Gasteiger charge is -2.19.